The Labute approximate surface area is 198 Å². The summed E-state index contributed by atoms with van der Waals surface area (Å²) in [5.41, 5.74) is 1.13. The number of aliphatic carboxylic acids is 1. The Kier molecular flexibility index (Phi) is 10.7. The van der Waals surface area contributed by atoms with Gasteiger partial charge in [-0.05, 0) is 37.0 Å². The number of amides is 2. The first-order valence-corrected chi connectivity index (χ1v) is 10.7. The number of carboxylic acids is 1. The van der Waals surface area contributed by atoms with Gasteiger partial charge in [-0.2, -0.15) is 0 Å². The number of methoxy groups -OCH3 is 2. The molecule has 2 rings (SSSR count). The molecule has 0 aromatic heterocycles. The highest BCUT2D eigenvalue weighted by molar-refractivity contribution is 6.00. The predicted molar refractivity (Wildman–Crippen MR) is 124 cm³/mol. The summed E-state index contributed by atoms with van der Waals surface area (Å²) in [5.74, 6) is -1.23. The molecule has 0 saturated heterocycles. The van der Waals surface area contributed by atoms with E-state index >= 15 is 0 Å². The van der Waals surface area contributed by atoms with Crippen LogP contribution in [0.25, 0.3) is 0 Å². The molecule has 10 nitrogen and oxygen atoms in total. The number of carbonyl (C=O) groups excluding carboxylic acids is 2. The number of ether oxygens (including phenoxy) is 3. The first-order chi connectivity index (χ1) is 16.3. The van der Waals surface area contributed by atoms with Gasteiger partial charge in [0, 0.05) is 18.3 Å². The summed E-state index contributed by atoms with van der Waals surface area (Å²) in [7, 11) is 2.88. The van der Waals surface area contributed by atoms with Gasteiger partial charge in [-0.3, -0.25) is 14.5 Å². The van der Waals surface area contributed by atoms with Crippen LogP contribution >= 0.6 is 0 Å². The number of aliphatic hydroxyl groups is 1. The number of carbonyl (C=O) groups is 3. The minimum absolute atomic E-state index is 0.100. The van der Waals surface area contributed by atoms with Gasteiger partial charge in [-0.15, -0.1) is 0 Å². The zero-order valence-corrected chi connectivity index (χ0v) is 19.2. The van der Waals surface area contributed by atoms with Crippen LogP contribution in [0.5, 0.6) is 11.5 Å². The fourth-order valence-corrected chi connectivity index (χ4v) is 3.16. The predicted octanol–water partition coefficient (Wildman–Crippen LogP) is 2.58. The summed E-state index contributed by atoms with van der Waals surface area (Å²) in [6.07, 6.45) is -0.930. The van der Waals surface area contributed by atoms with Crippen LogP contribution in [-0.4, -0.2) is 61.6 Å². The molecule has 0 spiro atoms. The zero-order valence-electron chi connectivity index (χ0n) is 19.2. The van der Waals surface area contributed by atoms with Crippen molar-refractivity contribution < 1.29 is 38.8 Å². The van der Waals surface area contributed by atoms with Gasteiger partial charge in [0.1, 0.15) is 19.3 Å². The molecule has 0 radical (unpaired) electrons. The van der Waals surface area contributed by atoms with Gasteiger partial charge < -0.3 is 29.7 Å². The molecular weight excluding hydrogens is 444 g/mol. The van der Waals surface area contributed by atoms with Gasteiger partial charge in [0.25, 0.3) is 5.91 Å². The van der Waals surface area contributed by atoms with Gasteiger partial charge in [0.15, 0.2) is 11.5 Å². The van der Waals surface area contributed by atoms with Gasteiger partial charge >= 0.3 is 12.1 Å². The van der Waals surface area contributed by atoms with Gasteiger partial charge in [0.05, 0.1) is 14.2 Å². The lowest BCUT2D eigenvalue weighted by atomic mass is 10.1. The molecule has 2 aromatic rings. The molecule has 0 saturated carbocycles. The van der Waals surface area contributed by atoms with Crippen molar-refractivity contribution in [2.45, 2.75) is 32.0 Å². The molecule has 3 N–H and O–H groups in total. The van der Waals surface area contributed by atoms with Crippen LogP contribution in [0, 0.1) is 0 Å². The molecule has 10 heteroatoms. The van der Waals surface area contributed by atoms with E-state index in [4.69, 9.17) is 14.2 Å². The SMILES string of the molecule is COc1ccc(N(CC(=O)O)C(=O)C(O)CCCCNC(=O)OCc2ccccc2)cc1OC. The summed E-state index contributed by atoms with van der Waals surface area (Å²) >= 11 is 0. The lowest BCUT2D eigenvalue weighted by Gasteiger charge is -2.24. The number of nitrogens with one attached hydrogen (secondary N) is 1. The number of hydrogen-bond acceptors (Lipinski definition) is 7. The van der Waals surface area contributed by atoms with E-state index in [1.165, 1.54) is 26.4 Å². The van der Waals surface area contributed by atoms with E-state index in [-0.39, 0.29) is 18.7 Å². The van der Waals surface area contributed by atoms with Crippen molar-refractivity contribution in [3.63, 3.8) is 0 Å². The molecule has 2 aromatic carbocycles. The third-order valence-corrected chi connectivity index (χ3v) is 4.91. The number of anilines is 1. The molecule has 0 bridgehead atoms. The molecule has 0 aliphatic rings. The van der Waals surface area contributed by atoms with Crippen molar-refractivity contribution in [1.29, 1.82) is 0 Å². The lowest BCUT2D eigenvalue weighted by Crippen LogP contribution is -2.42. The maximum Gasteiger partial charge on any atom is 0.407 e. The summed E-state index contributed by atoms with van der Waals surface area (Å²) in [5, 5.41) is 22.2. The molecule has 0 aliphatic heterocycles. The molecular formula is C24H30N2O8. The van der Waals surface area contributed by atoms with Crippen molar-refractivity contribution >= 4 is 23.7 Å². The Hall–Kier alpha value is -3.79. The average molecular weight is 475 g/mol. The molecule has 34 heavy (non-hydrogen) atoms. The molecule has 1 atom stereocenters. The highest BCUT2D eigenvalue weighted by atomic mass is 16.5. The van der Waals surface area contributed by atoms with E-state index < -0.39 is 30.6 Å². The fraction of sp³-hybridized carbons (Fsp3) is 0.375. The molecule has 2 amide bonds. The van der Waals surface area contributed by atoms with E-state index in [0.717, 1.165) is 10.5 Å². The number of unbranched alkanes of at least 4 members (excludes halogenated alkanes) is 1. The number of hydrogen-bond donors (Lipinski definition) is 3. The van der Waals surface area contributed by atoms with E-state index in [2.05, 4.69) is 5.32 Å². The van der Waals surface area contributed by atoms with E-state index in [1.807, 2.05) is 30.3 Å². The molecule has 1 unspecified atom stereocenters. The lowest BCUT2D eigenvalue weighted by molar-refractivity contribution is -0.137. The number of nitrogens with zero attached hydrogens (tertiary/aromatic N) is 1. The van der Waals surface area contributed by atoms with Gasteiger partial charge in [0.2, 0.25) is 0 Å². The van der Waals surface area contributed by atoms with Gasteiger partial charge in [-0.25, -0.2) is 4.79 Å². The maximum atomic E-state index is 12.8. The summed E-state index contributed by atoms with van der Waals surface area (Å²) in [4.78, 5) is 36.8. The van der Waals surface area contributed by atoms with E-state index in [0.29, 0.717) is 30.9 Å². The smallest absolute Gasteiger partial charge is 0.407 e. The van der Waals surface area contributed by atoms with E-state index in [9.17, 15) is 24.6 Å². The van der Waals surface area contributed by atoms with Crippen LogP contribution in [-0.2, 0) is 20.9 Å². The monoisotopic (exact) mass is 474 g/mol. The second-order valence-electron chi connectivity index (χ2n) is 7.36. The van der Waals surface area contributed by atoms with Crippen molar-refractivity contribution in [3.05, 3.63) is 54.1 Å². The van der Waals surface area contributed by atoms with Crippen LogP contribution in [0.2, 0.25) is 0 Å². The average Bonchev–Trinajstić information content (AvgIpc) is 2.85. The molecule has 0 aliphatic carbocycles. The second-order valence-corrected chi connectivity index (χ2v) is 7.36. The molecule has 0 heterocycles. The number of benzene rings is 2. The minimum atomic E-state index is -1.41. The largest absolute Gasteiger partial charge is 0.493 e. The van der Waals surface area contributed by atoms with Crippen LogP contribution in [0.4, 0.5) is 10.5 Å². The minimum Gasteiger partial charge on any atom is -0.493 e. The van der Waals surface area contributed by atoms with Gasteiger partial charge in [-0.1, -0.05) is 30.3 Å². The van der Waals surface area contributed by atoms with Crippen LogP contribution in [0.3, 0.4) is 0 Å². The Balaban J connectivity index is 1.82. The summed E-state index contributed by atoms with van der Waals surface area (Å²) < 4.78 is 15.5. The highest BCUT2D eigenvalue weighted by Gasteiger charge is 2.26. The van der Waals surface area contributed by atoms with Crippen LogP contribution < -0.4 is 19.7 Å². The standard InChI is InChI=1S/C24H30N2O8/c1-32-20-12-11-18(14-21(20)33-2)26(15-22(28)29)23(30)19(27)10-6-7-13-25-24(31)34-16-17-8-4-3-5-9-17/h3-5,8-9,11-12,14,19,27H,6-7,10,13,15-16H2,1-2H3,(H,25,31)(H,28,29). The van der Waals surface area contributed by atoms with Crippen molar-refractivity contribution in [2.24, 2.45) is 0 Å². The number of rotatable bonds is 13. The highest BCUT2D eigenvalue weighted by Crippen LogP contribution is 2.31. The van der Waals surface area contributed by atoms with Crippen molar-refractivity contribution in [3.8, 4) is 11.5 Å². The summed E-state index contributed by atoms with van der Waals surface area (Å²) in [6, 6.07) is 13.8. The fourth-order valence-electron chi connectivity index (χ4n) is 3.16. The Morgan fingerprint density at radius 3 is 2.35 bits per heavy atom. The normalized spacial score (nSPS) is 11.3. The topological polar surface area (TPSA) is 135 Å². The Bertz CT molecular complexity index is 951. The molecule has 0 fully saturated rings. The summed E-state index contributed by atoms with van der Waals surface area (Å²) in [6.45, 7) is -0.154. The quantitative estimate of drug-likeness (QED) is 0.377. The number of carboxylic acid groups (broad SMARTS) is 1. The first kappa shape index (κ1) is 26.5. The zero-order chi connectivity index (χ0) is 24.9. The third kappa shape index (κ3) is 8.28. The van der Waals surface area contributed by atoms with Crippen molar-refractivity contribution in [1.82, 2.24) is 5.32 Å². The van der Waals surface area contributed by atoms with Crippen LogP contribution in [0.15, 0.2) is 48.5 Å². The maximum absolute atomic E-state index is 12.8. The van der Waals surface area contributed by atoms with Crippen molar-refractivity contribution in [2.75, 3.05) is 32.2 Å². The second kappa shape index (κ2) is 13.7. The van der Waals surface area contributed by atoms with E-state index in [1.54, 1.807) is 6.07 Å². The molecule has 184 valence electrons. The van der Waals surface area contributed by atoms with Crippen LogP contribution in [0.1, 0.15) is 24.8 Å². The number of aliphatic hydroxyl groups excluding tert-OH is 1. The third-order valence-electron chi connectivity index (χ3n) is 4.91. The first-order valence-electron chi connectivity index (χ1n) is 10.7. The Morgan fingerprint density at radius 1 is 1.00 bits per heavy atom. The number of alkyl carbamates (subject to hydrolysis) is 1. The Morgan fingerprint density at radius 2 is 1.71 bits per heavy atom.